The maximum atomic E-state index is 4.71. The van der Waals surface area contributed by atoms with E-state index in [2.05, 4.69) is 39.6 Å². The zero-order chi connectivity index (χ0) is 15.2. The summed E-state index contributed by atoms with van der Waals surface area (Å²) in [5, 5.41) is 0. The van der Waals surface area contributed by atoms with Crippen LogP contribution in [-0.2, 0) is 0 Å². The second-order valence-corrected chi connectivity index (χ2v) is 8.28. The molecule has 1 nitrogen and oxygen atoms in total. The highest BCUT2D eigenvalue weighted by atomic mass is 32.1. The maximum absolute atomic E-state index is 4.71. The summed E-state index contributed by atoms with van der Waals surface area (Å²) in [5.74, 6) is 1.04. The van der Waals surface area contributed by atoms with E-state index < -0.39 is 0 Å². The SMILES string of the molecule is CCCC(CS)(CCC)CN(C)C1CCC(C)(C)CC1. The van der Waals surface area contributed by atoms with E-state index in [9.17, 15) is 0 Å². The summed E-state index contributed by atoms with van der Waals surface area (Å²) in [4.78, 5) is 2.66. The second kappa shape index (κ2) is 8.08. The lowest BCUT2D eigenvalue weighted by atomic mass is 9.74. The predicted molar refractivity (Wildman–Crippen MR) is 94.8 cm³/mol. The molecule has 1 rings (SSSR count). The van der Waals surface area contributed by atoms with Crippen molar-refractivity contribution in [3.05, 3.63) is 0 Å². The Labute approximate surface area is 133 Å². The zero-order valence-electron chi connectivity index (χ0n) is 14.5. The third kappa shape index (κ3) is 5.26. The van der Waals surface area contributed by atoms with Crippen molar-refractivity contribution in [3.63, 3.8) is 0 Å². The quantitative estimate of drug-likeness (QED) is 0.587. The average Bonchev–Trinajstić information content (AvgIpc) is 2.39. The van der Waals surface area contributed by atoms with E-state index in [1.165, 1.54) is 57.9 Å². The molecule has 2 heteroatoms. The number of rotatable bonds is 8. The van der Waals surface area contributed by atoms with E-state index in [1.807, 2.05) is 0 Å². The van der Waals surface area contributed by atoms with Crippen LogP contribution in [0, 0.1) is 10.8 Å². The summed E-state index contributed by atoms with van der Waals surface area (Å²) < 4.78 is 0. The lowest BCUT2D eigenvalue weighted by Crippen LogP contribution is -2.44. The molecule has 0 spiro atoms. The van der Waals surface area contributed by atoms with Crippen LogP contribution in [-0.4, -0.2) is 30.3 Å². The molecule has 1 fully saturated rings. The van der Waals surface area contributed by atoms with Gasteiger partial charge >= 0.3 is 0 Å². The van der Waals surface area contributed by atoms with E-state index >= 15 is 0 Å². The van der Waals surface area contributed by atoms with Crippen molar-refractivity contribution >= 4 is 12.6 Å². The van der Waals surface area contributed by atoms with Gasteiger partial charge in [0.1, 0.15) is 0 Å². The van der Waals surface area contributed by atoms with Crippen LogP contribution >= 0.6 is 12.6 Å². The Bertz CT molecular complexity index is 259. The Morgan fingerprint density at radius 1 is 1.10 bits per heavy atom. The fourth-order valence-corrected chi connectivity index (χ4v) is 4.45. The topological polar surface area (TPSA) is 3.24 Å². The average molecular weight is 300 g/mol. The van der Waals surface area contributed by atoms with Crippen molar-refractivity contribution in [1.29, 1.82) is 0 Å². The van der Waals surface area contributed by atoms with Crippen LogP contribution in [0.3, 0.4) is 0 Å². The first-order valence-electron chi connectivity index (χ1n) is 8.69. The first-order valence-corrected chi connectivity index (χ1v) is 9.32. The Morgan fingerprint density at radius 3 is 2.00 bits per heavy atom. The summed E-state index contributed by atoms with van der Waals surface area (Å²) in [6.45, 7) is 10.7. The van der Waals surface area contributed by atoms with Crippen molar-refractivity contribution in [1.82, 2.24) is 4.90 Å². The minimum atomic E-state index is 0.439. The standard InChI is InChI=1S/C18H37NS/c1-6-10-18(15-20,11-7-2)14-19(5)16-8-12-17(3,4)13-9-16/h16,20H,6-15H2,1-5H3. The van der Waals surface area contributed by atoms with Crippen LogP contribution in [0.5, 0.6) is 0 Å². The molecule has 0 aromatic rings. The molecule has 0 unspecified atom stereocenters. The second-order valence-electron chi connectivity index (χ2n) is 7.97. The van der Waals surface area contributed by atoms with Gasteiger partial charge in [0.2, 0.25) is 0 Å². The zero-order valence-corrected chi connectivity index (χ0v) is 15.4. The number of thiol groups is 1. The van der Waals surface area contributed by atoms with Gasteiger partial charge in [-0.05, 0) is 62.2 Å². The van der Waals surface area contributed by atoms with Crippen LogP contribution in [0.15, 0.2) is 0 Å². The molecule has 0 atom stereocenters. The molecular weight excluding hydrogens is 262 g/mol. The van der Waals surface area contributed by atoms with Gasteiger partial charge in [0.05, 0.1) is 0 Å². The van der Waals surface area contributed by atoms with Crippen LogP contribution in [0.25, 0.3) is 0 Å². The summed E-state index contributed by atoms with van der Waals surface area (Å²) in [6.07, 6.45) is 10.8. The summed E-state index contributed by atoms with van der Waals surface area (Å²) in [6, 6.07) is 0.802. The van der Waals surface area contributed by atoms with Gasteiger partial charge in [0, 0.05) is 12.6 Å². The van der Waals surface area contributed by atoms with Gasteiger partial charge in [-0.1, -0.05) is 40.5 Å². The van der Waals surface area contributed by atoms with Crippen LogP contribution in [0.4, 0.5) is 0 Å². The maximum Gasteiger partial charge on any atom is 0.00928 e. The van der Waals surface area contributed by atoms with E-state index in [-0.39, 0.29) is 0 Å². The van der Waals surface area contributed by atoms with Gasteiger partial charge in [0.15, 0.2) is 0 Å². The van der Waals surface area contributed by atoms with Crippen molar-refractivity contribution < 1.29 is 0 Å². The van der Waals surface area contributed by atoms with Crippen LogP contribution < -0.4 is 0 Å². The van der Waals surface area contributed by atoms with Crippen LogP contribution in [0.2, 0.25) is 0 Å². The molecule has 1 aliphatic rings. The Balaban J connectivity index is 2.59. The third-order valence-electron chi connectivity index (χ3n) is 5.41. The monoisotopic (exact) mass is 299 g/mol. The first kappa shape index (κ1) is 18.4. The third-order valence-corrected chi connectivity index (χ3v) is 6.08. The molecule has 0 aromatic heterocycles. The highest BCUT2D eigenvalue weighted by Crippen LogP contribution is 2.38. The molecule has 0 aliphatic heterocycles. The van der Waals surface area contributed by atoms with Crippen molar-refractivity contribution in [2.24, 2.45) is 10.8 Å². The van der Waals surface area contributed by atoms with E-state index in [4.69, 9.17) is 12.6 Å². The molecule has 0 radical (unpaired) electrons. The number of nitrogens with zero attached hydrogens (tertiary/aromatic N) is 1. The minimum Gasteiger partial charge on any atom is -0.303 e. The highest BCUT2D eigenvalue weighted by Gasteiger charge is 2.33. The van der Waals surface area contributed by atoms with E-state index in [0.717, 1.165) is 11.8 Å². The van der Waals surface area contributed by atoms with Gasteiger partial charge in [-0.3, -0.25) is 0 Å². The van der Waals surface area contributed by atoms with Crippen molar-refractivity contribution in [2.75, 3.05) is 19.3 Å². The molecule has 0 N–H and O–H groups in total. The fraction of sp³-hybridized carbons (Fsp3) is 1.00. The minimum absolute atomic E-state index is 0.439. The molecular formula is C18H37NS. The highest BCUT2D eigenvalue weighted by molar-refractivity contribution is 7.80. The Morgan fingerprint density at radius 2 is 1.60 bits per heavy atom. The number of hydrogen-bond donors (Lipinski definition) is 1. The lowest BCUT2D eigenvalue weighted by Gasteiger charge is -2.43. The molecule has 0 heterocycles. The molecule has 0 saturated heterocycles. The van der Waals surface area contributed by atoms with Gasteiger partial charge < -0.3 is 4.90 Å². The molecule has 1 aliphatic carbocycles. The molecule has 0 aromatic carbocycles. The van der Waals surface area contributed by atoms with Crippen molar-refractivity contribution in [2.45, 2.75) is 85.1 Å². The predicted octanol–water partition coefficient (Wildman–Crippen LogP) is 5.40. The largest absolute Gasteiger partial charge is 0.303 e. The smallest absolute Gasteiger partial charge is 0.00928 e. The molecule has 120 valence electrons. The number of hydrogen-bond acceptors (Lipinski definition) is 2. The first-order chi connectivity index (χ1) is 9.38. The van der Waals surface area contributed by atoms with Gasteiger partial charge in [-0.15, -0.1) is 0 Å². The van der Waals surface area contributed by atoms with Gasteiger partial charge in [-0.25, -0.2) is 0 Å². The van der Waals surface area contributed by atoms with Crippen molar-refractivity contribution in [3.8, 4) is 0 Å². The normalized spacial score (nSPS) is 20.6. The molecule has 0 bridgehead atoms. The molecule has 20 heavy (non-hydrogen) atoms. The molecule has 0 amide bonds. The fourth-order valence-electron chi connectivity index (χ4n) is 4.03. The summed E-state index contributed by atoms with van der Waals surface area (Å²) in [7, 11) is 2.35. The summed E-state index contributed by atoms with van der Waals surface area (Å²) in [5.41, 5.74) is 1.01. The summed E-state index contributed by atoms with van der Waals surface area (Å²) >= 11 is 4.71. The van der Waals surface area contributed by atoms with Crippen LogP contribution in [0.1, 0.15) is 79.1 Å². The van der Waals surface area contributed by atoms with Gasteiger partial charge in [0.25, 0.3) is 0 Å². The van der Waals surface area contributed by atoms with E-state index in [0.29, 0.717) is 10.8 Å². The Hall–Kier alpha value is 0.310. The molecule has 1 saturated carbocycles. The van der Waals surface area contributed by atoms with Gasteiger partial charge in [-0.2, -0.15) is 12.6 Å². The Kier molecular flexibility index (Phi) is 7.41. The van der Waals surface area contributed by atoms with E-state index in [1.54, 1.807) is 0 Å². The lowest BCUT2D eigenvalue weighted by molar-refractivity contribution is 0.0833.